The summed E-state index contributed by atoms with van der Waals surface area (Å²) in [6, 6.07) is 11.2. The van der Waals surface area contributed by atoms with Gasteiger partial charge in [0.05, 0.1) is 12.1 Å². The smallest absolute Gasteiger partial charge is 0.229 e. The minimum Gasteiger partial charge on any atom is -0.335 e. The number of amides is 1. The van der Waals surface area contributed by atoms with E-state index in [1.807, 2.05) is 10.3 Å². The first-order valence-electron chi connectivity index (χ1n) is 9.45. The molecular formula is C22H24N2OS2. The first-order chi connectivity index (χ1) is 13.1. The summed E-state index contributed by atoms with van der Waals surface area (Å²) in [5.41, 5.74) is 4.57. The Kier molecular flexibility index (Phi) is 5.41. The summed E-state index contributed by atoms with van der Waals surface area (Å²) in [5, 5.41) is 7.18. The fourth-order valence-corrected chi connectivity index (χ4v) is 4.71. The number of nitrogens with zero attached hydrogens (tertiary/aromatic N) is 2. The Hall–Kier alpha value is -1.98. The highest BCUT2D eigenvalue weighted by molar-refractivity contribution is 7.14. The largest absolute Gasteiger partial charge is 0.335 e. The van der Waals surface area contributed by atoms with Gasteiger partial charge in [0.2, 0.25) is 5.91 Å². The Bertz CT molecular complexity index is 893. The number of aromatic nitrogens is 1. The third kappa shape index (κ3) is 4.47. The number of hydrogen-bond acceptors (Lipinski definition) is 4. The van der Waals surface area contributed by atoms with Crippen LogP contribution in [0.15, 0.2) is 46.5 Å². The number of thiazole rings is 1. The normalized spacial score (nSPS) is 13.9. The monoisotopic (exact) mass is 396 g/mol. The lowest BCUT2D eigenvalue weighted by Crippen LogP contribution is -2.33. The molecule has 0 atom stereocenters. The molecule has 1 fully saturated rings. The zero-order valence-electron chi connectivity index (χ0n) is 15.7. The molecule has 0 bridgehead atoms. The van der Waals surface area contributed by atoms with E-state index in [9.17, 15) is 4.79 Å². The van der Waals surface area contributed by atoms with Crippen LogP contribution < -0.4 is 0 Å². The van der Waals surface area contributed by atoms with Crippen LogP contribution in [0.3, 0.4) is 0 Å². The predicted octanol–water partition coefficient (Wildman–Crippen LogP) is 5.73. The molecule has 1 amide bonds. The number of thiophene rings is 1. The lowest BCUT2D eigenvalue weighted by atomic mass is 10.0. The fourth-order valence-electron chi connectivity index (χ4n) is 3.18. The highest BCUT2D eigenvalue weighted by Gasteiger charge is 2.32. The van der Waals surface area contributed by atoms with Gasteiger partial charge in [-0.15, -0.1) is 11.3 Å². The topological polar surface area (TPSA) is 33.2 Å². The van der Waals surface area contributed by atoms with E-state index in [1.165, 1.54) is 11.1 Å². The summed E-state index contributed by atoms with van der Waals surface area (Å²) in [4.78, 5) is 19.7. The summed E-state index contributed by atoms with van der Waals surface area (Å²) >= 11 is 3.29. The molecule has 27 heavy (non-hydrogen) atoms. The highest BCUT2D eigenvalue weighted by Crippen LogP contribution is 2.30. The van der Waals surface area contributed by atoms with Crippen molar-refractivity contribution in [3.05, 3.63) is 63.3 Å². The van der Waals surface area contributed by atoms with Crippen LogP contribution in [0.2, 0.25) is 0 Å². The van der Waals surface area contributed by atoms with Crippen LogP contribution in [0.1, 0.15) is 49.4 Å². The zero-order chi connectivity index (χ0) is 18.8. The van der Waals surface area contributed by atoms with Crippen molar-refractivity contribution in [1.29, 1.82) is 0 Å². The Morgan fingerprint density at radius 1 is 1.19 bits per heavy atom. The van der Waals surface area contributed by atoms with Crippen molar-refractivity contribution in [2.24, 2.45) is 0 Å². The van der Waals surface area contributed by atoms with Gasteiger partial charge in [0.1, 0.15) is 5.01 Å². The molecule has 0 N–H and O–H groups in total. The van der Waals surface area contributed by atoms with Crippen molar-refractivity contribution in [3.63, 3.8) is 0 Å². The SMILES string of the molecule is CC(C)c1ccc(CN(C(=O)Cc2csc(-c3ccsc3)n2)C2CC2)cc1. The second kappa shape index (κ2) is 7.95. The van der Waals surface area contributed by atoms with Crippen LogP contribution in [-0.2, 0) is 17.8 Å². The lowest BCUT2D eigenvalue weighted by molar-refractivity contribution is -0.131. The number of carbonyl (C=O) groups is 1. The first-order valence-corrected chi connectivity index (χ1v) is 11.3. The van der Waals surface area contributed by atoms with Gasteiger partial charge in [-0.3, -0.25) is 4.79 Å². The Balaban J connectivity index is 1.43. The molecule has 0 radical (unpaired) electrons. The Labute approximate surface area is 168 Å². The van der Waals surface area contributed by atoms with Crippen molar-refractivity contribution in [3.8, 4) is 10.6 Å². The molecule has 0 saturated heterocycles. The van der Waals surface area contributed by atoms with Gasteiger partial charge in [-0.25, -0.2) is 4.98 Å². The van der Waals surface area contributed by atoms with Crippen molar-refractivity contribution >= 4 is 28.6 Å². The number of rotatable bonds is 7. The molecule has 1 aliphatic carbocycles. The van der Waals surface area contributed by atoms with Crippen molar-refractivity contribution in [2.75, 3.05) is 0 Å². The predicted molar refractivity (Wildman–Crippen MR) is 113 cm³/mol. The maximum absolute atomic E-state index is 13.0. The van der Waals surface area contributed by atoms with E-state index in [-0.39, 0.29) is 5.91 Å². The highest BCUT2D eigenvalue weighted by atomic mass is 32.1. The number of benzene rings is 1. The molecule has 2 heterocycles. The lowest BCUT2D eigenvalue weighted by Gasteiger charge is -2.22. The van der Waals surface area contributed by atoms with Crippen LogP contribution in [0.5, 0.6) is 0 Å². The van der Waals surface area contributed by atoms with Gasteiger partial charge in [-0.05, 0) is 41.3 Å². The molecule has 5 heteroatoms. The van der Waals surface area contributed by atoms with Gasteiger partial charge in [0.25, 0.3) is 0 Å². The van der Waals surface area contributed by atoms with Crippen molar-refractivity contribution in [2.45, 2.75) is 51.6 Å². The van der Waals surface area contributed by atoms with E-state index in [0.29, 0.717) is 24.9 Å². The molecule has 3 aromatic rings. The van der Waals surface area contributed by atoms with E-state index >= 15 is 0 Å². The molecule has 1 saturated carbocycles. The van der Waals surface area contributed by atoms with Crippen LogP contribution in [0.4, 0.5) is 0 Å². The van der Waals surface area contributed by atoms with Crippen molar-refractivity contribution in [1.82, 2.24) is 9.88 Å². The minimum absolute atomic E-state index is 0.188. The van der Waals surface area contributed by atoms with E-state index in [1.54, 1.807) is 22.7 Å². The average molecular weight is 397 g/mol. The van der Waals surface area contributed by atoms with Crippen LogP contribution in [0, 0.1) is 0 Å². The second-order valence-electron chi connectivity index (χ2n) is 7.48. The molecule has 1 aromatic carbocycles. The van der Waals surface area contributed by atoms with E-state index in [2.05, 4.69) is 59.9 Å². The summed E-state index contributed by atoms with van der Waals surface area (Å²) in [5.74, 6) is 0.718. The van der Waals surface area contributed by atoms with E-state index in [0.717, 1.165) is 29.1 Å². The summed E-state index contributed by atoms with van der Waals surface area (Å²) in [6.07, 6.45) is 2.63. The maximum atomic E-state index is 13.0. The van der Waals surface area contributed by atoms with Crippen LogP contribution >= 0.6 is 22.7 Å². The summed E-state index contributed by atoms with van der Waals surface area (Å²) in [6.45, 7) is 5.10. The molecule has 4 rings (SSSR count). The van der Waals surface area contributed by atoms with Crippen molar-refractivity contribution < 1.29 is 4.79 Å². The van der Waals surface area contributed by atoms with E-state index in [4.69, 9.17) is 0 Å². The quantitative estimate of drug-likeness (QED) is 0.511. The first kappa shape index (κ1) is 18.4. The average Bonchev–Trinajstić information content (AvgIpc) is 3.15. The number of hydrogen-bond donors (Lipinski definition) is 0. The third-order valence-corrected chi connectivity index (χ3v) is 6.58. The molecule has 1 aliphatic rings. The zero-order valence-corrected chi connectivity index (χ0v) is 17.4. The summed E-state index contributed by atoms with van der Waals surface area (Å²) in [7, 11) is 0. The molecular weight excluding hydrogens is 372 g/mol. The molecule has 0 aliphatic heterocycles. The van der Waals surface area contributed by atoms with Crippen LogP contribution in [0.25, 0.3) is 10.6 Å². The van der Waals surface area contributed by atoms with Crippen LogP contribution in [-0.4, -0.2) is 21.8 Å². The standard InChI is InChI=1S/C22H24N2OS2/c1-15(2)17-5-3-16(4-6-17)12-24(20-7-8-20)21(25)11-19-14-27-22(23-19)18-9-10-26-13-18/h3-6,9-10,13-15,20H,7-8,11-12H2,1-2H3. The number of carbonyl (C=O) groups excluding carboxylic acids is 1. The maximum Gasteiger partial charge on any atom is 0.229 e. The minimum atomic E-state index is 0.188. The molecule has 0 unspecified atom stereocenters. The Morgan fingerprint density at radius 2 is 1.96 bits per heavy atom. The molecule has 3 nitrogen and oxygen atoms in total. The van der Waals surface area contributed by atoms with Gasteiger partial charge in [0.15, 0.2) is 0 Å². The van der Waals surface area contributed by atoms with Gasteiger partial charge in [-0.2, -0.15) is 11.3 Å². The second-order valence-corrected chi connectivity index (χ2v) is 9.12. The molecule has 2 aromatic heterocycles. The van der Waals surface area contributed by atoms with E-state index < -0.39 is 0 Å². The molecule has 140 valence electrons. The van der Waals surface area contributed by atoms with Gasteiger partial charge in [-0.1, -0.05) is 38.1 Å². The fraction of sp³-hybridized carbons (Fsp3) is 0.364. The summed E-state index contributed by atoms with van der Waals surface area (Å²) < 4.78 is 0. The Morgan fingerprint density at radius 3 is 2.59 bits per heavy atom. The van der Waals surface area contributed by atoms with Gasteiger partial charge >= 0.3 is 0 Å². The van der Waals surface area contributed by atoms with Gasteiger partial charge in [0, 0.05) is 28.9 Å². The third-order valence-electron chi connectivity index (χ3n) is 4.96. The molecule has 0 spiro atoms. The van der Waals surface area contributed by atoms with Gasteiger partial charge < -0.3 is 4.90 Å².